The number of carbonyl (C=O) groups excluding carboxylic acids is 2. The van der Waals surface area contributed by atoms with Crippen LogP contribution in [-0.2, 0) is 4.79 Å². The minimum absolute atomic E-state index is 0.0587. The Labute approximate surface area is 195 Å². The molecular formula is C22H17BrN4O4S. The number of carbonyl (C=O) groups is 2. The number of hydrogen-bond acceptors (Lipinski definition) is 6. The highest BCUT2D eigenvalue weighted by molar-refractivity contribution is 9.11. The van der Waals surface area contributed by atoms with E-state index in [9.17, 15) is 19.7 Å². The Bertz CT molecular complexity index is 1200. The van der Waals surface area contributed by atoms with Gasteiger partial charge >= 0.3 is 0 Å². The summed E-state index contributed by atoms with van der Waals surface area (Å²) < 4.78 is 0.933. The maximum Gasteiger partial charge on any atom is 0.287 e. The van der Waals surface area contributed by atoms with Crippen molar-refractivity contribution >= 4 is 56.6 Å². The highest BCUT2D eigenvalue weighted by atomic mass is 79.9. The van der Waals surface area contributed by atoms with Crippen molar-refractivity contribution < 1.29 is 14.5 Å². The fourth-order valence-corrected chi connectivity index (χ4v) is 3.89. The van der Waals surface area contributed by atoms with E-state index in [2.05, 4.69) is 31.8 Å². The van der Waals surface area contributed by atoms with Crippen LogP contribution >= 0.6 is 27.3 Å². The minimum Gasteiger partial charge on any atom is -0.317 e. The van der Waals surface area contributed by atoms with E-state index in [-0.39, 0.29) is 11.4 Å². The lowest BCUT2D eigenvalue weighted by Gasteiger charge is -2.09. The largest absolute Gasteiger partial charge is 0.317 e. The van der Waals surface area contributed by atoms with E-state index < -0.39 is 16.7 Å². The Morgan fingerprint density at radius 3 is 2.34 bits per heavy atom. The molecule has 0 spiro atoms. The number of nitrogens with one attached hydrogen (secondary N) is 2. The number of amides is 2. The zero-order valence-corrected chi connectivity index (χ0v) is 19.1. The van der Waals surface area contributed by atoms with Crippen LogP contribution in [0.25, 0.3) is 6.08 Å². The van der Waals surface area contributed by atoms with Gasteiger partial charge in [0.1, 0.15) is 5.70 Å². The molecule has 0 aliphatic heterocycles. The van der Waals surface area contributed by atoms with Crippen LogP contribution < -0.4 is 10.7 Å². The Balaban J connectivity index is 1.85. The van der Waals surface area contributed by atoms with Crippen molar-refractivity contribution in [2.75, 3.05) is 0 Å². The van der Waals surface area contributed by atoms with E-state index in [1.165, 1.54) is 41.7 Å². The molecule has 2 N–H and O–H groups in total. The van der Waals surface area contributed by atoms with Gasteiger partial charge in [0.2, 0.25) is 0 Å². The van der Waals surface area contributed by atoms with E-state index in [4.69, 9.17) is 0 Å². The van der Waals surface area contributed by atoms with Crippen LogP contribution in [0.3, 0.4) is 0 Å². The maximum atomic E-state index is 12.8. The Hall–Kier alpha value is -3.63. The smallest absolute Gasteiger partial charge is 0.287 e. The topological polar surface area (TPSA) is 114 Å². The summed E-state index contributed by atoms with van der Waals surface area (Å²) in [5.41, 5.74) is 3.77. The molecule has 0 atom stereocenters. The van der Waals surface area contributed by atoms with Gasteiger partial charge in [0.05, 0.1) is 19.3 Å². The number of nitro groups is 1. The molecular weight excluding hydrogens is 496 g/mol. The molecule has 3 aromatic rings. The zero-order valence-electron chi connectivity index (χ0n) is 16.7. The van der Waals surface area contributed by atoms with Gasteiger partial charge in [-0.25, -0.2) is 5.43 Å². The van der Waals surface area contributed by atoms with Gasteiger partial charge in [-0.2, -0.15) is 5.10 Å². The van der Waals surface area contributed by atoms with Gasteiger partial charge in [-0.05, 0) is 70.9 Å². The second kappa shape index (κ2) is 10.6. The van der Waals surface area contributed by atoms with Crippen molar-refractivity contribution in [3.05, 3.63) is 102 Å². The van der Waals surface area contributed by atoms with Crippen molar-refractivity contribution in [3.8, 4) is 0 Å². The Morgan fingerprint density at radius 2 is 1.75 bits per heavy atom. The molecule has 0 saturated carbocycles. The van der Waals surface area contributed by atoms with E-state index in [1.807, 2.05) is 12.1 Å². The van der Waals surface area contributed by atoms with Gasteiger partial charge in [-0.3, -0.25) is 19.7 Å². The Morgan fingerprint density at radius 1 is 1.06 bits per heavy atom. The van der Waals surface area contributed by atoms with Crippen molar-refractivity contribution in [2.45, 2.75) is 6.92 Å². The first-order valence-corrected chi connectivity index (χ1v) is 10.9. The number of thiophene rings is 1. The molecule has 1 aromatic heterocycles. The molecule has 1 heterocycles. The van der Waals surface area contributed by atoms with Crippen LogP contribution in [0.15, 0.2) is 81.3 Å². The fourth-order valence-electron chi connectivity index (χ4n) is 2.56. The maximum absolute atomic E-state index is 12.8. The lowest BCUT2D eigenvalue weighted by atomic mass is 10.1. The summed E-state index contributed by atoms with van der Waals surface area (Å²) in [7, 11) is 0. The average molecular weight is 513 g/mol. The normalized spacial score (nSPS) is 11.7. The molecule has 162 valence electrons. The van der Waals surface area contributed by atoms with Crippen LogP contribution in [0.2, 0.25) is 0 Å². The van der Waals surface area contributed by atoms with Gasteiger partial charge in [-0.1, -0.05) is 18.2 Å². The first kappa shape index (κ1) is 23.0. The molecule has 0 radical (unpaired) electrons. The first-order valence-electron chi connectivity index (χ1n) is 9.26. The predicted molar refractivity (Wildman–Crippen MR) is 127 cm³/mol. The van der Waals surface area contributed by atoms with Gasteiger partial charge in [-0.15, -0.1) is 11.3 Å². The number of rotatable bonds is 7. The number of halogens is 1. The molecule has 0 aliphatic carbocycles. The number of non-ortho nitro benzene ring substituents is 1. The summed E-state index contributed by atoms with van der Waals surface area (Å²) in [5, 5.41) is 17.6. The standard InChI is InChI=1S/C22H17BrN4O4S/c1-14(19-11-12-20(23)32-19)25-26-22(29)18(24-21(28)16-5-3-2-4-6-16)13-15-7-9-17(10-8-15)27(30)31/h2-13H,1H3,(H,24,28)(H,26,29)/b18-13-,25-14+. The van der Waals surface area contributed by atoms with E-state index in [1.54, 1.807) is 37.3 Å². The predicted octanol–water partition coefficient (Wildman–Crippen LogP) is 4.73. The van der Waals surface area contributed by atoms with E-state index in [0.717, 1.165) is 8.66 Å². The summed E-state index contributed by atoms with van der Waals surface area (Å²) in [4.78, 5) is 36.6. The molecule has 0 aliphatic rings. The second-order valence-corrected chi connectivity index (χ2v) is 8.93. The second-order valence-electron chi connectivity index (χ2n) is 6.47. The van der Waals surface area contributed by atoms with Crippen LogP contribution in [0.1, 0.15) is 27.7 Å². The van der Waals surface area contributed by atoms with Crippen molar-refractivity contribution in [3.63, 3.8) is 0 Å². The van der Waals surface area contributed by atoms with Crippen LogP contribution in [0.5, 0.6) is 0 Å². The van der Waals surface area contributed by atoms with E-state index in [0.29, 0.717) is 16.8 Å². The Kier molecular flexibility index (Phi) is 7.63. The van der Waals surface area contributed by atoms with Gasteiger partial charge in [0, 0.05) is 17.7 Å². The van der Waals surface area contributed by atoms with Gasteiger partial charge < -0.3 is 5.32 Å². The van der Waals surface area contributed by atoms with Crippen LogP contribution in [0.4, 0.5) is 5.69 Å². The molecule has 10 heteroatoms. The van der Waals surface area contributed by atoms with Crippen LogP contribution in [-0.4, -0.2) is 22.4 Å². The number of benzene rings is 2. The molecule has 0 saturated heterocycles. The first-order chi connectivity index (χ1) is 15.3. The number of hydrogen-bond donors (Lipinski definition) is 2. The summed E-state index contributed by atoms with van der Waals surface area (Å²) >= 11 is 4.85. The number of nitrogens with zero attached hydrogens (tertiary/aromatic N) is 2. The van der Waals surface area contributed by atoms with Crippen molar-refractivity contribution in [2.24, 2.45) is 5.10 Å². The molecule has 8 nitrogen and oxygen atoms in total. The monoisotopic (exact) mass is 512 g/mol. The lowest BCUT2D eigenvalue weighted by Crippen LogP contribution is -2.33. The summed E-state index contributed by atoms with van der Waals surface area (Å²) in [5.74, 6) is -1.11. The third-order valence-electron chi connectivity index (χ3n) is 4.20. The molecule has 32 heavy (non-hydrogen) atoms. The number of hydrazone groups is 1. The van der Waals surface area contributed by atoms with E-state index >= 15 is 0 Å². The van der Waals surface area contributed by atoms with Crippen LogP contribution in [0, 0.1) is 10.1 Å². The molecule has 2 amide bonds. The fraction of sp³-hybridized carbons (Fsp3) is 0.0455. The quantitative estimate of drug-likeness (QED) is 0.206. The summed E-state index contributed by atoms with van der Waals surface area (Å²) in [6.45, 7) is 1.75. The molecule has 3 rings (SSSR count). The SMILES string of the molecule is C/C(=N\NC(=O)/C(=C/c1ccc([N+](=O)[O-])cc1)NC(=O)c1ccccc1)c1ccc(Br)s1. The third kappa shape index (κ3) is 6.19. The van der Waals surface area contributed by atoms with Crippen molar-refractivity contribution in [1.82, 2.24) is 10.7 Å². The minimum atomic E-state index is -0.636. The molecule has 2 aromatic carbocycles. The lowest BCUT2D eigenvalue weighted by molar-refractivity contribution is -0.384. The van der Waals surface area contributed by atoms with Crippen molar-refractivity contribution in [1.29, 1.82) is 0 Å². The molecule has 0 fully saturated rings. The zero-order chi connectivity index (χ0) is 23.1. The third-order valence-corrected chi connectivity index (χ3v) is 5.93. The molecule has 0 bridgehead atoms. The highest BCUT2D eigenvalue weighted by Crippen LogP contribution is 2.22. The number of nitro benzene ring substituents is 1. The summed E-state index contributed by atoms with van der Waals surface area (Å²) in [6, 6.07) is 17.8. The van der Waals surface area contributed by atoms with Gasteiger partial charge in [0.15, 0.2) is 0 Å². The molecule has 0 unspecified atom stereocenters. The highest BCUT2D eigenvalue weighted by Gasteiger charge is 2.15. The van der Waals surface area contributed by atoms with Gasteiger partial charge in [0.25, 0.3) is 17.5 Å². The average Bonchev–Trinajstić information content (AvgIpc) is 3.24. The summed E-state index contributed by atoms with van der Waals surface area (Å²) in [6.07, 6.45) is 1.42.